The molecule has 0 radical (unpaired) electrons. The normalized spacial score (nSPS) is 16.9. The van der Waals surface area contributed by atoms with E-state index in [0.717, 1.165) is 16.9 Å². The van der Waals surface area contributed by atoms with E-state index < -0.39 is 5.25 Å². The number of nitrogens with zero attached hydrogens (tertiary/aromatic N) is 3. The van der Waals surface area contributed by atoms with Crippen LogP contribution in [0, 0.1) is 6.92 Å². The predicted molar refractivity (Wildman–Crippen MR) is 134 cm³/mol. The fourth-order valence-corrected chi connectivity index (χ4v) is 4.97. The van der Waals surface area contributed by atoms with Crippen LogP contribution < -0.4 is 15.5 Å². The van der Waals surface area contributed by atoms with Crippen LogP contribution in [0.25, 0.3) is 0 Å². The Kier molecular flexibility index (Phi) is 6.42. The Balaban J connectivity index is 1.42. The maximum atomic E-state index is 13.4. The van der Waals surface area contributed by atoms with Crippen molar-refractivity contribution >= 4 is 35.0 Å². The number of hydrogen-bond donors (Lipinski definition) is 2. The van der Waals surface area contributed by atoms with Crippen molar-refractivity contribution in [1.82, 2.24) is 14.9 Å². The second-order valence-corrected chi connectivity index (χ2v) is 9.39. The van der Waals surface area contributed by atoms with Crippen molar-refractivity contribution in [2.75, 3.05) is 10.7 Å². The number of fused-ring (bicyclic) bond motifs is 1. The van der Waals surface area contributed by atoms with E-state index in [4.69, 9.17) is 16.3 Å². The molecule has 1 aromatic heterocycles. The van der Waals surface area contributed by atoms with Gasteiger partial charge in [0.15, 0.2) is 5.82 Å². The Hall–Kier alpha value is -3.49. The van der Waals surface area contributed by atoms with Gasteiger partial charge in [-0.2, -0.15) is 0 Å². The Morgan fingerprint density at radius 3 is 2.59 bits per heavy atom. The van der Waals surface area contributed by atoms with Gasteiger partial charge >= 0.3 is 0 Å². The lowest BCUT2D eigenvalue weighted by atomic mass is 10.0. The van der Waals surface area contributed by atoms with Crippen LogP contribution >= 0.6 is 23.4 Å². The van der Waals surface area contributed by atoms with Gasteiger partial charge in [-0.3, -0.25) is 4.79 Å². The first-order valence-corrected chi connectivity index (χ1v) is 12.0. The summed E-state index contributed by atoms with van der Waals surface area (Å²) in [5.74, 6) is 1.22. The first-order chi connectivity index (χ1) is 16.6. The zero-order valence-electron chi connectivity index (χ0n) is 18.3. The second kappa shape index (κ2) is 9.79. The number of aromatic nitrogens is 3. The molecule has 0 saturated carbocycles. The van der Waals surface area contributed by atoms with Crippen LogP contribution in [-0.2, 0) is 11.4 Å². The van der Waals surface area contributed by atoms with Crippen molar-refractivity contribution in [2.24, 2.45) is 0 Å². The van der Waals surface area contributed by atoms with Gasteiger partial charge in [-0.05, 0) is 42.3 Å². The van der Waals surface area contributed by atoms with Crippen molar-refractivity contribution in [3.05, 3.63) is 101 Å². The molecule has 2 atom stereocenters. The quantitative estimate of drug-likeness (QED) is 0.385. The molecule has 0 saturated heterocycles. The summed E-state index contributed by atoms with van der Waals surface area (Å²) >= 11 is 7.52. The van der Waals surface area contributed by atoms with Gasteiger partial charge in [0, 0.05) is 10.7 Å². The highest BCUT2D eigenvalue weighted by Gasteiger charge is 2.38. The molecule has 5 rings (SSSR count). The first kappa shape index (κ1) is 22.3. The molecule has 0 spiro atoms. The van der Waals surface area contributed by atoms with E-state index in [9.17, 15) is 4.79 Å². The summed E-state index contributed by atoms with van der Waals surface area (Å²) in [5, 5.41) is 12.3. The Labute approximate surface area is 206 Å². The molecule has 1 amide bonds. The number of hydrogen-bond acceptors (Lipinski definition) is 6. The molecular formula is C25H22ClN5O2S. The smallest absolute Gasteiger partial charge is 0.240 e. The van der Waals surface area contributed by atoms with Gasteiger partial charge in [0.05, 0.1) is 6.04 Å². The van der Waals surface area contributed by atoms with E-state index in [-0.39, 0.29) is 18.6 Å². The average molecular weight is 492 g/mol. The predicted octanol–water partition coefficient (Wildman–Crippen LogP) is 5.22. The minimum absolute atomic E-state index is 0.145. The standard InChI is InChI=1S/C25H22ClN5O2S/c1-16-12-13-18(26)14-20(16)27-24(32)23-22(17-8-4-2-5-9-17)30-31-21(28-29-25(31)34-23)15-33-19-10-6-3-7-11-19/h2-14,22-23,30H,15H2,1H3,(H,27,32)/t22-,23-/m0/s1. The van der Waals surface area contributed by atoms with Gasteiger partial charge in [0.2, 0.25) is 11.1 Å². The molecule has 0 bridgehead atoms. The molecule has 9 heteroatoms. The number of aryl methyl sites for hydroxylation is 1. The van der Waals surface area contributed by atoms with Gasteiger partial charge in [-0.1, -0.05) is 78.0 Å². The topological polar surface area (TPSA) is 81.1 Å². The monoisotopic (exact) mass is 491 g/mol. The molecule has 34 heavy (non-hydrogen) atoms. The molecule has 7 nitrogen and oxygen atoms in total. The van der Waals surface area contributed by atoms with Crippen LogP contribution in [0.2, 0.25) is 5.02 Å². The Morgan fingerprint density at radius 2 is 1.82 bits per heavy atom. The fraction of sp³-hybridized carbons (Fsp3) is 0.160. The van der Waals surface area contributed by atoms with Crippen LogP contribution in [0.1, 0.15) is 23.0 Å². The van der Waals surface area contributed by atoms with Gasteiger partial charge < -0.3 is 15.5 Å². The second-order valence-electron chi connectivity index (χ2n) is 7.84. The maximum absolute atomic E-state index is 13.4. The van der Waals surface area contributed by atoms with Gasteiger partial charge in [-0.25, -0.2) is 4.68 Å². The number of halogens is 1. The van der Waals surface area contributed by atoms with E-state index in [2.05, 4.69) is 20.9 Å². The number of thioether (sulfide) groups is 1. The number of ether oxygens (including phenoxy) is 1. The van der Waals surface area contributed by atoms with Crippen LogP contribution in [0.3, 0.4) is 0 Å². The van der Waals surface area contributed by atoms with Crippen LogP contribution in [0.15, 0.2) is 84.0 Å². The van der Waals surface area contributed by atoms with E-state index >= 15 is 0 Å². The van der Waals surface area contributed by atoms with Gasteiger partial charge in [0.25, 0.3) is 0 Å². The van der Waals surface area contributed by atoms with E-state index in [0.29, 0.717) is 21.7 Å². The summed E-state index contributed by atoms with van der Waals surface area (Å²) in [6, 6.07) is 24.5. The highest BCUT2D eigenvalue weighted by atomic mass is 35.5. The summed E-state index contributed by atoms with van der Waals surface area (Å²) in [6.45, 7) is 2.17. The zero-order valence-corrected chi connectivity index (χ0v) is 19.9. The summed E-state index contributed by atoms with van der Waals surface area (Å²) in [4.78, 5) is 13.4. The SMILES string of the molecule is Cc1ccc(Cl)cc1NC(=O)[C@H]1Sc2nnc(COc3ccccc3)n2N[C@H]1c1ccccc1. The molecule has 172 valence electrons. The van der Waals surface area contributed by atoms with Crippen LogP contribution in [-0.4, -0.2) is 26.0 Å². The zero-order chi connectivity index (χ0) is 23.5. The van der Waals surface area contributed by atoms with Crippen molar-refractivity contribution < 1.29 is 9.53 Å². The van der Waals surface area contributed by atoms with Crippen molar-refractivity contribution in [2.45, 2.75) is 30.0 Å². The fourth-order valence-electron chi connectivity index (χ4n) is 3.70. The lowest BCUT2D eigenvalue weighted by molar-refractivity contribution is -0.116. The van der Waals surface area contributed by atoms with Crippen LogP contribution in [0.5, 0.6) is 5.75 Å². The molecule has 0 aliphatic carbocycles. The first-order valence-electron chi connectivity index (χ1n) is 10.8. The van der Waals surface area contributed by atoms with Crippen LogP contribution in [0.4, 0.5) is 5.69 Å². The number of benzene rings is 3. The lowest BCUT2D eigenvalue weighted by Gasteiger charge is -2.33. The Morgan fingerprint density at radius 1 is 1.09 bits per heavy atom. The summed E-state index contributed by atoms with van der Waals surface area (Å²) in [6.07, 6.45) is 0. The van der Waals surface area contributed by atoms with Crippen molar-refractivity contribution in [3.8, 4) is 5.75 Å². The lowest BCUT2D eigenvalue weighted by Crippen LogP contribution is -2.41. The third-order valence-corrected chi connectivity index (χ3v) is 6.94. The average Bonchev–Trinajstić information content (AvgIpc) is 3.27. The molecule has 0 unspecified atom stereocenters. The highest BCUT2D eigenvalue weighted by molar-refractivity contribution is 8.00. The van der Waals surface area contributed by atoms with Gasteiger partial charge in [-0.15, -0.1) is 10.2 Å². The molecule has 3 aromatic carbocycles. The largest absolute Gasteiger partial charge is 0.486 e. The molecule has 2 heterocycles. The minimum Gasteiger partial charge on any atom is -0.486 e. The number of carbonyl (C=O) groups excluding carboxylic acids is 1. The number of nitrogens with one attached hydrogen (secondary N) is 2. The van der Waals surface area contributed by atoms with E-state index in [1.165, 1.54) is 11.8 Å². The Bertz CT molecular complexity index is 1300. The maximum Gasteiger partial charge on any atom is 0.240 e. The van der Waals surface area contributed by atoms with Crippen molar-refractivity contribution in [3.63, 3.8) is 0 Å². The molecular weight excluding hydrogens is 470 g/mol. The molecule has 0 fully saturated rings. The van der Waals surface area contributed by atoms with E-state index in [1.807, 2.05) is 73.7 Å². The number of amides is 1. The summed E-state index contributed by atoms with van der Waals surface area (Å²) in [5.41, 5.74) is 6.05. The number of para-hydroxylation sites is 1. The van der Waals surface area contributed by atoms with Gasteiger partial charge in [0.1, 0.15) is 17.6 Å². The third-order valence-electron chi connectivity index (χ3n) is 5.49. The molecule has 4 aromatic rings. The molecule has 1 aliphatic heterocycles. The number of carbonyl (C=O) groups is 1. The highest BCUT2D eigenvalue weighted by Crippen LogP contribution is 2.38. The van der Waals surface area contributed by atoms with E-state index in [1.54, 1.807) is 16.8 Å². The molecule has 1 aliphatic rings. The minimum atomic E-state index is -0.486. The third kappa shape index (κ3) is 4.73. The summed E-state index contributed by atoms with van der Waals surface area (Å²) in [7, 11) is 0. The number of anilines is 1. The molecule has 2 N–H and O–H groups in total. The van der Waals surface area contributed by atoms with Crippen molar-refractivity contribution in [1.29, 1.82) is 0 Å². The summed E-state index contributed by atoms with van der Waals surface area (Å²) < 4.78 is 7.68. The number of rotatable bonds is 6.